The van der Waals surface area contributed by atoms with Crippen molar-refractivity contribution >= 4 is 11.6 Å². The quantitative estimate of drug-likeness (QED) is 0.797. The van der Waals surface area contributed by atoms with Crippen molar-refractivity contribution in [2.45, 2.75) is 57.4 Å². The maximum Gasteiger partial charge on any atom is 0.0945 e. The Bertz CT molecular complexity index is 677. The van der Waals surface area contributed by atoms with E-state index in [9.17, 15) is 0 Å². The van der Waals surface area contributed by atoms with Gasteiger partial charge in [-0.25, -0.2) is 4.98 Å². The van der Waals surface area contributed by atoms with Gasteiger partial charge in [-0.05, 0) is 72.6 Å². The van der Waals surface area contributed by atoms with Gasteiger partial charge in [-0.1, -0.05) is 24.6 Å². The second kappa shape index (κ2) is 5.42. The first-order valence-electron chi connectivity index (χ1n) is 8.42. The van der Waals surface area contributed by atoms with Gasteiger partial charge in [0.05, 0.1) is 6.33 Å². The Morgan fingerprint density at radius 3 is 3.14 bits per heavy atom. The molecule has 2 nitrogen and oxygen atoms in total. The monoisotopic (exact) mass is 314 g/mol. The average Bonchev–Trinajstić information content (AvgIpc) is 3.01. The molecule has 0 unspecified atom stereocenters. The first kappa shape index (κ1) is 14.3. The minimum Gasteiger partial charge on any atom is -0.337 e. The molecule has 1 heterocycles. The molecule has 2 atom stereocenters. The molecule has 2 aromatic rings. The normalized spacial score (nSPS) is 26.7. The Morgan fingerprint density at radius 1 is 1.41 bits per heavy atom. The molecular weight excluding hydrogens is 292 g/mol. The third-order valence-corrected chi connectivity index (χ3v) is 6.06. The van der Waals surface area contributed by atoms with Crippen molar-refractivity contribution < 1.29 is 0 Å². The van der Waals surface area contributed by atoms with Crippen molar-refractivity contribution in [1.82, 2.24) is 9.55 Å². The zero-order valence-electron chi connectivity index (χ0n) is 13.2. The van der Waals surface area contributed by atoms with Gasteiger partial charge in [0.15, 0.2) is 0 Å². The van der Waals surface area contributed by atoms with Crippen LogP contribution < -0.4 is 0 Å². The van der Waals surface area contributed by atoms with Crippen molar-refractivity contribution in [2.75, 3.05) is 0 Å². The van der Waals surface area contributed by atoms with Crippen molar-refractivity contribution in [3.8, 4) is 0 Å². The fourth-order valence-electron chi connectivity index (χ4n) is 4.78. The molecule has 0 saturated carbocycles. The lowest BCUT2D eigenvalue weighted by atomic mass is 9.60. The Hall–Kier alpha value is -1.28. The first-order chi connectivity index (χ1) is 10.7. The summed E-state index contributed by atoms with van der Waals surface area (Å²) in [6.07, 6.45) is 13.4. The maximum atomic E-state index is 6.57. The fraction of sp³-hybridized carbons (Fsp3) is 0.526. The number of nitrogens with zero attached hydrogens (tertiary/aromatic N) is 2. The smallest absolute Gasteiger partial charge is 0.0945 e. The third-order valence-electron chi connectivity index (χ3n) is 5.71. The molecule has 0 spiro atoms. The Balaban J connectivity index is 1.63. The van der Waals surface area contributed by atoms with Gasteiger partial charge in [0, 0.05) is 24.0 Å². The molecule has 0 aliphatic heterocycles. The molecule has 2 aliphatic rings. The lowest BCUT2D eigenvalue weighted by Crippen LogP contribution is -2.36. The Morgan fingerprint density at radius 2 is 2.32 bits per heavy atom. The molecule has 22 heavy (non-hydrogen) atoms. The molecule has 2 aliphatic carbocycles. The summed E-state index contributed by atoms with van der Waals surface area (Å²) < 4.78 is 2.19. The van der Waals surface area contributed by atoms with Crippen LogP contribution in [0.3, 0.4) is 0 Å². The van der Waals surface area contributed by atoms with Crippen LogP contribution in [-0.2, 0) is 24.8 Å². The SMILES string of the molecule is C[C@]12CCCc3ccc(Cl)c(c31)C[C@@H](CCn1ccnc1)C2. The van der Waals surface area contributed by atoms with Gasteiger partial charge in [0.1, 0.15) is 0 Å². The molecule has 116 valence electrons. The molecule has 1 aromatic heterocycles. The second-order valence-electron chi connectivity index (χ2n) is 7.34. The summed E-state index contributed by atoms with van der Waals surface area (Å²) in [5.41, 5.74) is 4.95. The summed E-state index contributed by atoms with van der Waals surface area (Å²) >= 11 is 6.57. The molecule has 0 N–H and O–H groups in total. The summed E-state index contributed by atoms with van der Waals surface area (Å²) in [4.78, 5) is 4.14. The molecule has 4 rings (SSSR count). The highest BCUT2D eigenvalue weighted by Crippen LogP contribution is 2.50. The van der Waals surface area contributed by atoms with Crippen LogP contribution in [0.2, 0.25) is 5.02 Å². The van der Waals surface area contributed by atoms with E-state index < -0.39 is 0 Å². The second-order valence-corrected chi connectivity index (χ2v) is 7.74. The van der Waals surface area contributed by atoms with E-state index in [1.54, 1.807) is 11.1 Å². The van der Waals surface area contributed by atoms with Crippen molar-refractivity contribution in [2.24, 2.45) is 5.92 Å². The molecule has 0 fully saturated rings. The summed E-state index contributed by atoms with van der Waals surface area (Å²) in [7, 11) is 0. The number of imidazole rings is 1. The first-order valence-corrected chi connectivity index (χ1v) is 8.80. The summed E-state index contributed by atoms with van der Waals surface area (Å²) in [6.45, 7) is 3.53. The van der Waals surface area contributed by atoms with E-state index in [1.165, 1.54) is 37.7 Å². The van der Waals surface area contributed by atoms with Gasteiger partial charge in [-0.3, -0.25) is 0 Å². The lowest BCUT2D eigenvalue weighted by molar-refractivity contribution is 0.255. The minimum atomic E-state index is 0.339. The lowest BCUT2D eigenvalue weighted by Gasteiger charge is -2.44. The van der Waals surface area contributed by atoms with E-state index in [4.69, 9.17) is 11.6 Å². The molecule has 0 amide bonds. The topological polar surface area (TPSA) is 17.8 Å². The van der Waals surface area contributed by atoms with E-state index >= 15 is 0 Å². The van der Waals surface area contributed by atoms with Crippen molar-refractivity contribution in [1.29, 1.82) is 0 Å². The van der Waals surface area contributed by atoms with Gasteiger partial charge < -0.3 is 4.57 Å². The van der Waals surface area contributed by atoms with Crippen LogP contribution in [0.1, 0.15) is 49.3 Å². The number of rotatable bonds is 3. The van der Waals surface area contributed by atoms with Gasteiger partial charge >= 0.3 is 0 Å². The predicted octanol–water partition coefficient (Wildman–Crippen LogP) is 4.78. The number of halogens is 1. The van der Waals surface area contributed by atoms with Gasteiger partial charge in [-0.15, -0.1) is 0 Å². The van der Waals surface area contributed by atoms with E-state index in [2.05, 4.69) is 34.8 Å². The van der Waals surface area contributed by atoms with Crippen molar-refractivity contribution in [3.63, 3.8) is 0 Å². The van der Waals surface area contributed by atoms with Gasteiger partial charge in [-0.2, -0.15) is 0 Å². The van der Waals surface area contributed by atoms with Crippen LogP contribution in [-0.4, -0.2) is 9.55 Å². The molecular formula is C19H23ClN2. The van der Waals surface area contributed by atoms with Crippen LogP contribution >= 0.6 is 11.6 Å². The Labute approximate surface area is 137 Å². The fourth-order valence-corrected chi connectivity index (χ4v) is 5.02. The van der Waals surface area contributed by atoms with E-state index in [1.807, 2.05) is 12.5 Å². The van der Waals surface area contributed by atoms with Crippen LogP contribution in [0.4, 0.5) is 0 Å². The zero-order valence-corrected chi connectivity index (χ0v) is 13.9. The maximum absolute atomic E-state index is 6.57. The van der Waals surface area contributed by atoms with Gasteiger partial charge in [0.2, 0.25) is 0 Å². The zero-order chi connectivity index (χ0) is 15.2. The highest BCUT2D eigenvalue weighted by molar-refractivity contribution is 6.31. The summed E-state index contributed by atoms with van der Waals surface area (Å²) in [5, 5.41) is 0.985. The average molecular weight is 315 g/mol. The summed E-state index contributed by atoms with van der Waals surface area (Å²) in [6, 6.07) is 4.39. The molecule has 1 aromatic carbocycles. The standard InChI is InChI=1S/C19H23ClN2/c1-19-7-2-3-15-4-5-17(20)16(18(15)19)11-14(12-19)6-9-22-10-8-21-13-22/h4-5,8,10,13-14H,2-3,6-7,9,11-12H2,1H3/t14-,19-/m1/s1. The largest absolute Gasteiger partial charge is 0.337 e. The Kier molecular flexibility index (Phi) is 3.53. The molecule has 0 bridgehead atoms. The number of hydrogen-bond donors (Lipinski definition) is 0. The van der Waals surface area contributed by atoms with E-state index in [-0.39, 0.29) is 0 Å². The van der Waals surface area contributed by atoms with Gasteiger partial charge in [0.25, 0.3) is 0 Å². The van der Waals surface area contributed by atoms with Crippen LogP contribution in [0, 0.1) is 5.92 Å². The molecule has 3 heteroatoms. The van der Waals surface area contributed by atoms with Crippen LogP contribution in [0.5, 0.6) is 0 Å². The number of aryl methyl sites for hydroxylation is 2. The number of hydrogen-bond acceptors (Lipinski definition) is 1. The van der Waals surface area contributed by atoms with Crippen LogP contribution in [0.15, 0.2) is 30.9 Å². The van der Waals surface area contributed by atoms with Crippen molar-refractivity contribution in [3.05, 3.63) is 52.6 Å². The minimum absolute atomic E-state index is 0.339. The molecule has 0 radical (unpaired) electrons. The highest BCUT2D eigenvalue weighted by Gasteiger charge is 2.40. The molecule has 0 saturated heterocycles. The van der Waals surface area contributed by atoms with Crippen LogP contribution in [0.25, 0.3) is 0 Å². The summed E-state index contributed by atoms with van der Waals surface area (Å²) in [5.74, 6) is 0.728. The third kappa shape index (κ3) is 2.38. The van der Waals surface area contributed by atoms with E-state index in [0.29, 0.717) is 5.41 Å². The number of benzene rings is 1. The number of aromatic nitrogens is 2. The highest BCUT2D eigenvalue weighted by atomic mass is 35.5. The van der Waals surface area contributed by atoms with E-state index in [0.717, 1.165) is 23.9 Å². The predicted molar refractivity (Wildman–Crippen MR) is 90.4 cm³/mol.